The number of carbonyl (C=O) groups excluding carboxylic acids is 1. The molecule has 1 aromatic heterocycles. The lowest BCUT2D eigenvalue weighted by Gasteiger charge is -2.07. The zero-order chi connectivity index (χ0) is 14.8. The van der Waals surface area contributed by atoms with E-state index < -0.39 is 10.0 Å². The summed E-state index contributed by atoms with van der Waals surface area (Å²) in [5.41, 5.74) is 0. The number of rotatable bonds is 9. The summed E-state index contributed by atoms with van der Waals surface area (Å²) >= 11 is 1.72. The number of carbonyl (C=O) groups is 1. The van der Waals surface area contributed by atoms with Gasteiger partial charge in [0.1, 0.15) is 0 Å². The van der Waals surface area contributed by atoms with Crippen LogP contribution in [0.15, 0.2) is 17.5 Å². The maximum absolute atomic E-state index is 11.4. The van der Waals surface area contributed by atoms with Gasteiger partial charge >= 0.3 is 6.03 Å². The monoisotopic (exact) mass is 319 g/mol. The normalized spacial score (nSPS) is 11.2. The van der Waals surface area contributed by atoms with Crippen LogP contribution < -0.4 is 15.8 Å². The second-order valence-corrected chi connectivity index (χ2v) is 7.21. The van der Waals surface area contributed by atoms with Crippen molar-refractivity contribution in [2.45, 2.75) is 25.7 Å². The van der Waals surface area contributed by atoms with E-state index in [2.05, 4.69) is 16.7 Å². The molecular formula is C12H21N3O3S2. The molecule has 4 N–H and O–H groups in total. The Labute approximate surface area is 123 Å². The molecule has 1 rings (SSSR count). The molecule has 1 heterocycles. The van der Waals surface area contributed by atoms with Crippen LogP contribution in [0.1, 0.15) is 24.1 Å². The quantitative estimate of drug-likeness (QED) is 0.593. The van der Waals surface area contributed by atoms with Gasteiger partial charge < -0.3 is 10.6 Å². The number of aryl methyl sites for hydroxylation is 1. The summed E-state index contributed by atoms with van der Waals surface area (Å²) in [6.07, 6.45) is 2.92. The highest BCUT2D eigenvalue weighted by Gasteiger charge is 2.03. The standard InChI is InChI=1S/C12H21N3O3S2/c13-20(17,18)10-2-1-7-14-12(16)15-8-3-5-11-6-4-9-19-11/h4,6,9H,1-3,5,7-8,10H2,(H2,13,17,18)(H2,14,15,16). The Bertz CT molecular complexity index is 486. The molecule has 0 spiro atoms. The minimum Gasteiger partial charge on any atom is -0.338 e. The van der Waals surface area contributed by atoms with Crippen molar-refractivity contribution < 1.29 is 13.2 Å². The third-order valence-electron chi connectivity index (χ3n) is 2.61. The van der Waals surface area contributed by atoms with Crippen LogP contribution >= 0.6 is 11.3 Å². The Morgan fingerprint density at radius 1 is 1.20 bits per heavy atom. The highest BCUT2D eigenvalue weighted by atomic mass is 32.2. The number of amides is 2. The molecule has 0 fully saturated rings. The van der Waals surface area contributed by atoms with Crippen LogP contribution in [0.25, 0.3) is 0 Å². The predicted octanol–water partition coefficient (Wildman–Crippen LogP) is 1.05. The smallest absolute Gasteiger partial charge is 0.314 e. The van der Waals surface area contributed by atoms with E-state index in [1.54, 1.807) is 11.3 Å². The number of sulfonamides is 1. The first kappa shape index (κ1) is 16.9. The van der Waals surface area contributed by atoms with Gasteiger partial charge in [0.25, 0.3) is 0 Å². The van der Waals surface area contributed by atoms with E-state index >= 15 is 0 Å². The number of urea groups is 1. The van der Waals surface area contributed by atoms with Gasteiger partial charge in [0, 0.05) is 18.0 Å². The first-order valence-corrected chi connectivity index (χ1v) is 9.11. The van der Waals surface area contributed by atoms with Crippen molar-refractivity contribution in [3.63, 3.8) is 0 Å². The highest BCUT2D eigenvalue weighted by molar-refractivity contribution is 7.89. The van der Waals surface area contributed by atoms with Gasteiger partial charge in [0.15, 0.2) is 0 Å². The van der Waals surface area contributed by atoms with Gasteiger partial charge in [-0.25, -0.2) is 18.4 Å². The molecule has 8 heteroatoms. The first-order valence-electron chi connectivity index (χ1n) is 6.52. The van der Waals surface area contributed by atoms with Crippen molar-refractivity contribution in [3.8, 4) is 0 Å². The molecule has 0 atom stereocenters. The van der Waals surface area contributed by atoms with E-state index in [0.29, 0.717) is 25.9 Å². The summed E-state index contributed by atoms with van der Waals surface area (Å²) in [5.74, 6) is -0.0445. The van der Waals surface area contributed by atoms with Crippen LogP contribution in [0.5, 0.6) is 0 Å². The average Bonchev–Trinajstić information content (AvgIpc) is 2.86. The lowest BCUT2D eigenvalue weighted by molar-refractivity contribution is 0.240. The van der Waals surface area contributed by atoms with E-state index in [1.165, 1.54) is 4.88 Å². The summed E-state index contributed by atoms with van der Waals surface area (Å²) < 4.78 is 21.4. The average molecular weight is 319 g/mol. The minimum atomic E-state index is -3.39. The van der Waals surface area contributed by atoms with Gasteiger partial charge in [0.2, 0.25) is 10.0 Å². The van der Waals surface area contributed by atoms with E-state index in [0.717, 1.165) is 12.8 Å². The first-order chi connectivity index (χ1) is 9.47. The molecular weight excluding hydrogens is 298 g/mol. The third kappa shape index (κ3) is 8.89. The zero-order valence-corrected chi connectivity index (χ0v) is 12.9. The van der Waals surface area contributed by atoms with Crippen molar-refractivity contribution in [2.75, 3.05) is 18.8 Å². The minimum absolute atomic E-state index is 0.0445. The van der Waals surface area contributed by atoms with Crippen LogP contribution in [0.3, 0.4) is 0 Å². The fourth-order valence-corrected chi connectivity index (χ4v) is 2.97. The second-order valence-electron chi connectivity index (χ2n) is 4.44. The molecule has 0 bridgehead atoms. The van der Waals surface area contributed by atoms with Crippen LogP contribution in [0, 0.1) is 0 Å². The summed E-state index contributed by atoms with van der Waals surface area (Å²) in [6.45, 7) is 1.08. The molecule has 0 aliphatic heterocycles. The maximum atomic E-state index is 11.4. The number of primary sulfonamides is 1. The molecule has 0 saturated heterocycles. The molecule has 6 nitrogen and oxygen atoms in total. The summed E-state index contributed by atoms with van der Waals surface area (Å²) in [6, 6.07) is 3.88. The summed E-state index contributed by atoms with van der Waals surface area (Å²) in [7, 11) is -3.39. The van der Waals surface area contributed by atoms with Gasteiger partial charge in [-0.15, -0.1) is 11.3 Å². The predicted molar refractivity (Wildman–Crippen MR) is 81.2 cm³/mol. The van der Waals surface area contributed by atoms with Crippen molar-refractivity contribution in [3.05, 3.63) is 22.4 Å². The number of nitrogens with one attached hydrogen (secondary N) is 2. The largest absolute Gasteiger partial charge is 0.338 e. The molecule has 0 aliphatic rings. The molecule has 0 unspecified atom stereocenters. The second kappa shape index (κ2) is 8.93. The number of hydrogen-bond acceptors (Lipinski definition) is 4. The molecule has 1 aromatic rings. The van der Waals surface area contributed by atoms with Gasteiger partial charge in [-0.05, 0) is 37.1 Å². The summed E-state index contributed by atoms with van der Waals surface area (Å²) in [4.78, 5) is 12.7. The Hall–Kier alpha value is -1.12. The van der Waals surface area contributed by atoms with Crippen LogP contribution in [0.2, 0.25) is 0 Å². The molecule has 0 radical (unpaired) electrons. The van der Waals surface area contributed by atoms with Gasteiger partial charge in [-0.1, -0.05) is 6.07 Å². The van der Waals surface area contributed by atoms with E-state index in [1.807, 2.05) is 11.4 Å². The Kier molecular flexibility index (Phi) is 7.56. The Morgan fingerprint density at radius 3 is 2.50 bits per heavy atom. The maximum Gasteiger partial charge on any atom is 0.314 e. The summed E-state index contributed by atoms with van der Waals surface area (Å²) in [5, 5.41) is 12.4. The van der Waals surface area contributed by atoms with E-state index in [4.69, 9.17) is 5.14 Å². The molecule has 2 amide bonds. The third-order valence-corrected chi connectivity index (χ3v) is 4.40. The number of unbranched alkanes of at least 4 members (excludes halogenated alkanes) is 1. The zero-order valence-electron chi connectivity index (χ0n) is 11.3. The number of hydrogen-bond donors (Lipinski definition) is 3. The van der Waals surface area contributed by atoms with Crippen molar-refractivity contribution >= 4 is 27.4 Å². The highest BCUT2D eigenvalue weighted by Crippen LogP contribution is 2.10. The Morgan fingerprint density at radius 2 is 1.90 bits per heavy atom. The lowest BCUT2D eigenvalue weighted by Crippen LogP contribution is -2.36. The van der Waals surface area contributed by atoms with Crippen LogP contribution in [-0.4, -0.2) is 33.3 Å². The van der Waals surface area contributed by atoms with Crippen molar-refractivity contribution in [1.82, 2.24) is 10.6 Å². The topological polar surface area (TPSA) is 101 Å². The van der Waals surface area contributed by atoms with E-state index in [-0.39, 0.29) is 11.8 Å². The molecule has 0 aromatic carbocycles. The number of thiophene rings is 1. The fourth-order valence-electron chi connectivity index (χ4n) is 1.61. The van der Waals surface area contributed by atoms with Gasteiger partial charge in [0.05, 0.1) is 5.75 Å². The molecule has 0 saturated carbocycles. The SMILES string of the molecule is NS(=O)(=O)CCCCNC(=O)NCCCc1cccs1. The van der Waals surface area contributed by atoms with Crippen LogP contribution in [0.4, 0.5) is 4.79 Å². The van der Waals surface area contributed by atoms with Crippen molar-refractivity contribution in [1.29, 1.82) is 0 Å². The van der Waals surface area contributed by atoms with Gasteiger partial charge in [-0.2, -0.15) is 0 Å². The molecule has 0 aliphatic carbocycles. The van der Waals surface area contributed by atoms with Crippen molar-refractivity contribution in [2.24, 2.45) is 5.14 Å². The van der Waals surface area contributed by atoms with Crippen LogP contribution in [-0.2, 0) is 16.4 Å². The molecule has 20 heavy (non-hydrogen) atoms. The lowest BCUT2D eigenvalue weighted by atomic mass is 10.2. The van der Waals surface area contributed by atoms with E-state index in [9.17, 15) is 13.2 Å². The van der Waals surface area contributed by atoms with Gasteiger partial charge in [-0.3, -0.25) is 0 Å². The Balaban J connectivity index is 1.95. The molecule has 114 valence electrons. The fraction of sp³-hybridized carbons (Fsp3) is 0.583. The number of nitrogens with two attached hydrogens (primary N) is 1.